The standard InChI is InChI=1S/C25H31B2NO5.C17H12BrN.C17H13NO.C15H12O.C8H10NO.C5H5N.C3H5BrO.C2H4O2.CH4O.B.BrH.HI.H3N.H2/c1-22(2)23(3,4)31-26(30-22)17-13-16(21-28-19-11-9-10-12-20(19)29-21)14-18(15-17)27-32-24(5,6)25(7,8)33-27;18-17-12-15(13-7-3-1-4-8-13)11-16(19-17)14-9-5-2-6-10-14;19-17-12-15(13-7-3-1-4-8-13)11-16(18-17)14-9-5-2-6-10-14;16-15(14-9-5-2-6-10-14)12-11-13-7-3-1-4-8-13;1-8(10)7-9-5-3-2-4-6-9;1-2-4-6-5-3-1;1-3(5)2-4;1-2(3)4;1-2;;;;;/h9-15H,1-8H3;1-12H;1-12H,(H,18,19);1-12H;2-6H,7H2,1H3;1-5H;2H2,1H3;1H3,(H,3,4);2H,1H3;;2*1H;1H3;1H/q;;;;+1;;;;;;;;;/p-1/b;;;12-11+;;;;;;;;;;. The average molecular weight is 1890 g/mol. The molecule has 2 aliphatic heterocycles. The second-order valence-electron chi connectivity index (χ2n) is 27.8. The maximum Gasteiger partial charge on any atom is 0.494 e. The maximum atomic E-state index is 11.8. The fraction of sp³-hybridized carbons (Fsp3) is 0.194. The summed E-state index contributed by atoms with van der Waals surface area (Å²) in [4.78, 5) is 68.8. The number of para-hydroxylation sites is 2. The number of halogens is 4. The highest BCUT2D eigenvalue weighted by Gasteiger charge is 2.54. The lowest BCUT2D eigenvalue weighted by molar-refractivity contribution is -0.684. The maximum absolute atomic E-state index is 11.8. The molecule has 2 fully saturated rings. The van der Waals surface area contributed by atoms with Gasteiger partial charge in [-0.2, -0.15) is 4.57 Å². The summed E-state index contributed by atoms with van der Waals surface area (Å²) in [7, 11) is -0.0546. The van der Waals surface area contributed by atoms with Crippen LogP contribution >= 0.6 is 55.8 Å². The van der Waals surface area contributed by atoms with Gasteiger partial charge in [0.15, 0.2) is 29.5 Å². The third kappa shape index (κ3) is 33.1. The minimum absolute atomic E-state index is 0. The predicted octanol–water partition coefficient (Wildman–Crippen LogP) is 16.5. The highest BCUT2D eigenvalue weighted by molar-refractivity contribution is 14.0. The molecule has 2 aliphatic rings. The Morgan fingerprint density at radius 2 is 0.898 bits per heavy atom. The monoisotopic (exact) mass is 1890 g/mol. The summed E-state index contributed by atoms with van der Waals surface area (Å²) in [6.45, 7) is 21.1. The molecule has 0 saturated carbocycles. The van der Waals surface area contributed by atoms with E-state index in [1.807, 2.05) is 327 Å². The molecule has 15 rings (SSSR count). The Labute approximate surface area is 741 Å². The number of benzene rings is 8. The SMILES string of the molecule is Brc1cc(-c2ccccc2)cc(-c2ccccc2)n1.CC(=O)CBr.CC(=O)C[n+]1ccccc1.CC(=O)O.CC1(C)OB(c2cc(B3OC(C)(C)C(C)(C)O3)cc(-c3nc4ccccc4o3)c2)OC1(C)C.CO.I.N.O=C(/C=C/c1ccccc1)c1ccccc1.O=c1cc(-c2ccccc2)cc(-c2ccccc2)[nH]1.[B].[Br-].[HH].c1ccncc1. The summed E-state index contributed by atoms with van der Waals surface area (Å²) < 4.78 is 34.2. The summed E-state index contributed by atoms with van der Waals surface area (Å²) in [6, 6.07) is 92.4. The van der Waals surface area contributed by atoms with E-state index in [9.17, 15) is 19.2 Å². The number of carboxylic acids is 1. The highest BCUT2D eigenvalue weighted by atomic mass is 127. The number of ketones is 3. The van der Waals surface area contributed by atoms with Crippen LogP contribution < -0.4 is 44.2 Å². The average Bonchev–Trinajstić information content (AvgIpc) is 1.60. The lowest BCUT2D eigenvalue weighted by Crippen LogP contribution is -3.00. The number of aliphatic carboxylic acids is 1. The lowest BCUT2D eigenvalue weighted by atomic mass is 9.71. The number of fused-ring (bicyclic) bond motifs is 1. The Kier molecular flexibility index (Phi) is 44.4. The van der Waals surface area contributed by atoms with Crippen LogP contribution in [0.5, 0.6) is 0 Å². The molecule has 18 nitrogen and oxygen atoms in total. The number of hydrogen-bond acceptors (Lipinski definition) is 15. The van der Waals surface area contributed by atoms with Crippen molar-refractivity contribution in [3.05, 3.63) is 342 Å². The molecule has 0 amide bonds. The first-order chi connectivity index (χ1) is 54.6. The minimum Gasteiger partial charge on any atom is -1.00 e. The Morgan fingerprint density at radius 1 is 0.500 bits per heavy atom. The summed E-state index contributed by atoms with van der Waals surface area (Å²) in [5.41, 5.74) is 12.3. The molecule has 8 aromatic carbocycles. The summed E-state index contributed by atoms with van der Waals surface area (Å²) in [5.74, 6) is 0.0815. The molecule has 118 heavy (non-hydrogen) atoms. The number of aliphatic hydroxyl groups is 1. The Morgan fingerprint density at radius 3 is 1.32 bits per heavy atom. The molecule has 0 aliphatic carbocycles. The van der Waals surface area contributed by atoms with E-state index in [4.69, 9.17) is 43.0 Å². The zero-order valence-corrected chi connectivity index (χ0v) is 75.3. The van der Waals surface area contributed by atoms with Crippen LogP contribution in [-0.4, -0.2) is 111 Å². The molecule has 0 atom stereocenters. The number of aromatic amines is 1. The predicted molar refractivity (Wildman–Crippen MR) is 494 cm³/mol. The molecule has 0 unspecified atom stereocenters. The van der Waals surface area contributed by atoms with E-state index in [0.717, 1.165) is 91.0 Å². The van der Waals surface area contributed by atoms with Crippen molar-refractivity contribution < 1.29 is 75.4 Å². The number of aromatic nitrogens is 5. The second-order valence-corrected chi connectivity index (χ2v) is 29.2. The molecule has 5 aromatic heterocycles. The number of hydrogen-bond donors (Lipinski definition) is 4. The summed E-state index contributed by atoms with van der Waals surface area (Å²) >= 11 is 6.46. The van der Waals surface area contributed by atoms with Gasteiger partial charge in [0.25, 0.3) is 5.97 Å². The number of H-pyrrole nitrogens is 1. The van der Waals surface area contributed by atoms with E-state index in [0.29, 0.717) is 17.8 Å². The number of allylic oxidation sites excluding steroid dienone is 1. The van der Waals surface area contributed by atoms with Gasteiger partial charge in [-0.15, -0.1) is 24.0 Å². The number of Topliss-reactive ketones (excluding diaryl/α,β-unsaturated/α-hetero) is 2. The van der Waals surface area contributed by atoms with Gasteiger partial charge in [0.05, 0.1) is 33.4 Å². The van der Waals surface area contributed by atoms with Crippen LogP contribution in [0.4, 0.5) is 0 Å². The molecule has 13 aromatic rings. The minimum atomic E-state index is -0.833. The number of carbonyl (C=O) groups excluding carboxylic acids is 3. The van der Waals surface area contributed by atoms with Gasteiger partial charge in [0, 0.05) is 83.8 Å². The van der Waals surface area contributed by atoms with Crippen molar-refractivity contribution in [2.75, 3.05) is 12.4 Å². The van der Waals surface area contributed by atoms with Gasteiger partial charge in [-0.05, 0) is 183 Å². The molecule has 7 heterocycles. The van der Waals surface area contributed by atoms with Gasteiger partial charge < -0.3 is 61.4 Å². The molecule has 6 N–H and O–H groups in total. The molecular formula is C93H102B3Br3IN6O12. The van der Waals surface area contributed by atoms with E-state index in [1.54, 1.807) is 31.5 Å². The first-order valence-corrected chi connectivity index (χ1v) is 38.7. The van der Waals surface area contributed by atoms with Crippen molar-refractivity contribution in [3.63, 3.8) is 0 Å². The highest BCUT2D eigenvalue weighted by Crippen LogP contribution is 2.39. The van der Waals surface area contributed by atoms with Crippen molar-refractivity contribution in [1.82, 2.24) is 26.1 Å². The Bertz CT molecular complexity index is 4970. The molecule has 2 saturated heterocycles. The smallest absolute Gasteiger partial charge is 0.494 e. The van der Waals surface area contributed by atoms with Crippen molar-refractivity contribution in [3.8, 4) is 56.2 Å². The fourth-order valence-corrected chi connectivity index (χ4v) is 11.2. The number of rotatable bonds is 13. The van der Waals surface area contributed by atoms with Crippen LogP contribution in [-0.2, 0) is 39.5 Å². The zero-order valence-electron chi connectivity index (χ0n) is 68.3. The van der Waals surface area contributed by atoms with Crippen molar-refractivity contribution in [1.29, 1.82) is 0 Å². The number of nitrogens with one attached hydrogen (secondary N) is 1. The molecule has 25 heteroatoms. The first-order valence-electron chi connectivity index (χ1n) is 36.8. The van der Waals surface area contributed by atoms with E-state index in [2.05, 4.69) is 77.1 Å². The molecule has 613 valence electrons. The van der Waals surface area contributed by atoms with Crippen LogP contribution in [0.15, 0.2) is 330 Å². The van der Waals surface area contributed by atoms with Crippen LogP contribution in [0, 0.1) is 0 Å². The van der Waals surface area contributed by atoms with E-state index < -0.39 is 42.6 Å². The number of carbonyl (C=O) groups is 4. The van der Waals surface area contributed by atoms with Crippen molar-refractivity contribution in [2.45, 2.75) is 105 Å². The number of carboxylic acid groups (broad SMARTS) is 1. The number of aliphatic hydroxyl groups excluding tert-OH is 1. The summed E-state index contributed by atoms with van der Waals surface area (Å²) in [5, 5.41) is 14.9. The molecule has 0 bridgehead atoms. The van der Waals surface area contributed by atoms with Gasteiger partial charge in [-0.25, -0.2) is 9.97 Å². The van der Waals surface area contributed by atoms with Crippen LogP contribution in [0.3, 0.4) is 0 Å². The van der Waals surface area contributed by atoms with Gasteiger partial charge in [-0.1, -0.05) is 234 Å². The van der Waals surface area contributed by atoms with E-state index >= 15 is 0 Å². The number of nitrogens with zero attached hydrogens (tertiary/aromatic N) is 4. The van der Waals surface area contributed by atoms with Gasteiger partial charge in [0.1, 0.15) is 15.9 Å². The van der Waals surface area contributed by atoms with Gasteiger partial charge in [-0.3, -0.25) is 29.0 Å². The Hall–Kier alpha value is -10.0. The molecule has 3 radical (unpaired) electrons. The number of oxazole rings is 1. The van der Waals surface area contributed by atoms with Crippen molar-refractivity contribution >= 4 is 130 Å². The third-order valence-corrected chi connectivity index (χ3v) is 19.0. The summed E-state index contributed by atoms with van der Waals surface area (Å²) in [6.07, 6.45) is 10.7. The molecular weight excluding hydrogens is 1790 g/mol. The normalized spacial score (nSPS) is 12.9. The van der Waals surface area contributed by atoms with Gasteiger partial charge >= 0.3 is 14.2 Å². The number of pyridine rings is 4. The topological polar surface area (TPSA) is 269 Å². The lowest BCUT2D eigenvalue weighted by Gasteiger charge is -2.32. The fourth-order valence-electron chi connectivity index (χ4n) is 10.7. The van der Waals surface area contributed by atoms with Crippen molar-refractivity contribution in [2.24, 2.45) is 0 Å². The molecule has 0 spiro atoms. The number of alkyl halides is 1. The Balaban J connectivity index is 0.000000492. The van der Waals surface area contributed by atoms with E-state index in [1.165, 1.54) is 18.1 Å². The quantitative estimate of drug-likeness (QED) is 0.0159. The zero-order chi connectivity index (χ0) is 82.7. The largest absolute Gasteiger partial charge is 1.00 e. The van der Waals surface area contributed by atoms with E-state index in [-0.39, 0.29) is 79.9 Å². The van der Waals surface area contributed by atoms with Crippen LogP contribution in [0.1, 0.15) is 93.5 Å². The third-order valence-electron chi connectivity index (χ3n) is 17.8. The van der Waals surface area contributed by atoms with Crippen LogP contribution in [0.2, 0.25) is 0 Å². The first kappa shape index (κ1) is 102. The van der Waals surface area contributed by atoms with Gasteiger partial charge in [0.2, 0.25) is 18.0 Å². The van der Waals surface area contributed by atoms with Crippen LogP contribution in [0.25, 0.3) is 73.4 Å². The second kappa shape index (κ2) is 51.3.